The van der Waals surface area contributed by atoms with Gasteiger partial charge in [-0.1, -0.05) is 35.9 Å². The van der Waals surface area contributed by atoms with E-state index in [1.807, 2.05) is 12.1 Å². The number of piperazine rings is 1. The lowest BCUT2D eigenvalue weighted by Gasteiger charge is -2.32. The Morgan fingerprint density at radius 2 is 1.79 bits per heavy atom. The molecule has 2 N–H and O–H groups in total. The number of carbonyl (C=O) groups excluding carboxylic acids is 2. The maximum Gasteiger partial charge on any atom is 0.292 e. The standard InChI is InChI=1S/C23H27N3O3/c1-17-5-3-6-18(13-17)16-24-9-11-25(12-10-24)21-15-22(27)26(23(21)28)19-7-4-8-20(14-19)29-2/h3-8,13-14,21H,9-12,15-16H2,1-2H3/p+2/t21-/m1/s1. The van der Waals surface area contributed by atoms with Crippen LogP contribution in [0.1, 0.15) is 17.5 Å². The summed E-state index contributed by atoms with van der Waals surface area (Å²) in [5, 5.41) is 0. The number of nitrogens with zero attached hydrogens (tertiary/aromatic N) is 1. The molecular formula is C23H29N3O3+2. The molecule has 2 aliphatic heterocycles. The number of carbonyl (C=O) groups is 2. The Kier molecular flexibility index (Phi) is 5.65. The van der Waals surface area contributed by atoms with Gasteiger partial charge in [-0.3, -0.25) is 9.59 Å². The van der Waals surface area contributed by atoms with E-state index in [9.17, 15) is 9.59 Å². The molecule has 0 spiro atoms. The summed E-state index contributed by atoms with van der Waals surface area (Å²) in [5.74, 6) is 0.447. The summed E-state index contributed by atoms with van der Waals surface area (Å²) in [4.78, 5) is 29.8. The Labute approximate surface area is 171 Å². The minimum atomic E-state index is -0.269. The van der Waals surface area contributed by atoms with Gasteiger partial charge in [-0.05, 0) is 19.1 Å². The number of amides is 2. The molecule has 0 aromatic heterocycles. The van der Waals surface area contributed by atoms with Crippen molar-refractivity contribution in [1.29, 1.82) is 0 Å². The van der Waals surface area contributed by atoms with E-state index in [1.165, 1.54) is 20.9 Å². The van der Waals surface area contributed by atoms with Crippen molar-refractivity contribution in [3.63, 3.8) is 0 Å². The van der Waals surface area contributed by atoms with Crippen LogP contribution >= 0.6 is 0 Å². The van der Waals surface area contributed by atoms with Gasteiger partial charge < -0.3 is 14.5 Å². The van der Waals surface area contributed by atoms with Crippen LogP contribution in [0.4, 0.5) is 5.69 Å². The molecule has 0 bridgehead atoms. The summed E-state index contributed by atoms with van der Waals surface area (Å²) in [6.45, 7) is 6.99. The van der Waals surface area contributed by atoms with Crippen molar-refractivity contribution in [3.05, 3.63) is 59.7 Å². The zero-order valence-electron chi connectivity index (χ0n) is 17.1. The third-order valence-corrected chi connectivity index (χ3v) is 6.09. The van der Waals surface area contributed by atoms with Crippen LogP contribution in [0.2, 0.25) is 0 Å². The molecule has 2 aromatic carbocycles. The second-order valence-electron chi connectivity index (χ2n) is 8.10. The molecule has 6 nitrogen and oxygen atoms in total. The van der Waals surface area contributed by atoms with Gasteiger partial charge in [0, 0.05) is 11.6 Å². The fourth-order valence-corrected chi connectivity index (χ4v) is 4.53. The molecule has 0 saturated carbocycles. The molecule has 6 heteroatoms. The summed E-state index contributed by atoms with van der Waals surface area (Å²) in [6, 6.07) is 15.6. The number of aryl methyl sites for hydroxylation is 1. The monoisotopic (exact) mass is 395 g/mol. The van der Waals surface area contributed by atoms with Crippen molar-refractivity contribution in [3.8, 4) is 5.75 Å². The lowest BCUT2D eigenvalue weighted by atomic mass is 10.1. The van der Waals surface area contributed by atoms with Crippen molar-refractivity contribution in [2.45, 2.75) is 25.9 Å². The van der Waals surface area contributed by atoms with Gasteiger partial charge >= 0.3 is 0 Å². The van der Waals surface area contributed by atoms with Crippen LogP contribution in [0.25, 0.3) is 0 Å². The van der Waals surface area contributed by atoms with E-state index in [-0.39, 0.29) is 17.9 Å². The Morgan fingerprint density at radius 1 is 1.03 bits per heavy atom. The van der Waals surface area contributed by atoms with Crippen molar-refractivity contribution < 1.29 is 24.1 Å². The fraction of sp³-hybridized carbons (Fsp3) is 0.391. The van der Waals surface area contributed by atoms with Gasteiger partial charge in [0.05, 0.1) is 19.2 Å². The number of anilines is 1. The first-order valence-corrected chi connectivity index (χ1v) is 10.3. The summed E-state index contributed by atoms with van der Waals surface area (Å²) in [6.07, 6.45) is 0.290. The van der Waals surface area contributed by atoms with E-state index in [4.69, 9.17) is 4.74 Å². The topological polar surface area (TPSA) is 55.5 Å². The third kappa shape index (κ3) is 4.18. The van der Waals surface area contributed by atoms with E-state index >= 15 is 0 Å². The molecule has 0 unspecified atom stereocenters. The molecule has 1 atom stereocenters. The molecule has 2 saturated heterocycles. The normalized spacial score (nSPS) is 24.8. The van der Waals surface area contributed by atoms with Gasteiger partial charge in [-0.25, -0.2) is 4.90 Å². The number of hydrogen-bond donors (Lipinski definition) is 2. The van der Waals surface area contributed by atoms with E-state index < -0.39 is 0 Å². The van der Waals surface area contributed by atoms with Crippen molar-refractivity contribution in [1.82, 2.24) is 0 Å². The van der Waals surface area contributed by atoms with Gasteiger partial charge in [0.1, 0.15) is 38.5 Å². The molecule has 2 heterocycles. The first kappa shape index (κ1) is 19.6. The summed E-state index contributed by atoms with van der Waals surface area (Å²) in [7, 11) is 1.58. The highest BCUT2D eigenvalue weighted by atomic mass is 16.5. The number of rotatable bonds is 5. The Balaban J connectivity index is 1.38. The molecule has 0 radical (unpaired) electrons. The average molecular weight is 396 g/mol. The molecule has 4 rings (SSSR count). The van der Waals surface area contributed by atoms with Crippen LogP contribution in [0, 0.1) is 6.92 Å². The Bertz CT molecular complexity index is 906. The lowest BCUT2D eigenvalue weighted by Crippen LogP contribution is -3.29. The van der Waals surface area contributed by atoms with E-state index in [0.29, 0.717) is 17.9 Å². The first-order valence-electron chi connectivity index (χ1n) is 10.3. The van der Waals surface area contributed by atoms with Crippen molar-refractivity contribution in [2.24, 2.45) is 0 Å². The highest BCUT2D eigenvalue weighted by Crippen LogP contribution is 2.25. The summed E-state index contributed by atoms with van der Waals surface area (Å²) < 4.78 is 5.24. The quantitative estimate of drug-likeness (QED) is 0.679. The maximum atomic E-state index is 13.1. The zero-order valence-corrected chi connectivity index (χ0v) is 17.1. The van der Waals surface area contributed by atoms with Gasteiger partial charge in [0.25, 0.3) is 5.91 Å². The second-order valence-corrected chi connectivity index (χ2v) is 8.10. The molecule has 29 heavy (non-hydrogen) atoms. The number of hydrogen-bond acceptors (Lipinski definition) is 3. The largest absolute Gasteiger partial charge is 0.497 e. The molecule has 2 aliphatic rings. The number of nitrogens with one attached hydrogen (secondary N) is 2. The highest BCUT2D eigenvalue weighted by molar-refractivity contribution is 6.21. The predicted molar refractivity (Wildman–Crippen MR) is 110 cm³/mol. The van der Waals surface area contributed by atoms with Crippen LogP contribution in [-0.4, -0.2) is 51.1 Å². The average Bonchev–Trinajstić information content (AvgIpc) is 3.02. The summed E-state index contributed by atoms with van der Waals surface area (Å²) >= 11 is 0. The van der Waals surface area contributed by atoms with Gasteiger partial charge in [0.15, 0.2) is 6.04 Å². The van der Waals surface area contributed by atoms with E-state index in [0.717, 1.165) is 32.7 Å². The lowest BCUT2D eigenvalue weighted by molar-refractivity contribution is -1.02. The molecular weight excluding hydrogens is 366 g/mol. The van der Waals surface area contributed by atoms with Gasteiger partial charge in [0.2, 0.25) is 5.91 Å². The minimum absolute atomic E-state index is 0.0830. The predicted octanol–water partition coefficient (Wildman–Crippen LogP) is -0.381. The number of imide groups is 1. The van der Waals surface area contributed by atoms with E-state index in [2.05, 4.69) is 31.2 Å². The van der Waals surface area contributed by atoms with Crippen LogP contribution in [-0.2, 0) is 16.1 Å². The van der Waals surface area contributed by atoms with Gasteiger partial charge in [-0.15, -0.1) is 0 Å². The molecule has 2 amide bonds. The Hall–Kier alpha value is -2.70. The molecule has 2 aromatic rings. The highest BCUT2D eigenvalue weighted by Gasteiger charge is 2.47. The van der Waals surface area contributed by atoms with Crippen LogP contribution in [0.15, 0.2) is 48.5 Å². The van der Waals surface area contributed by atoms with Crippen LogP contribution < -0.4 is 19.4 Å². The van der Waals surface area contributed by atoms with Crippen molar-refractivity contribution in [2.75, 3.05) is 38.2 Å². The zero-order chi connectivity index (χ0) is 20.4. The van der Waals surface area contributed by atoms with Gasteiger partial charge in [-0.2, -0.15) is 0 Å². The molecule has 152 valence electrons. The minimum Gasteiger partial charge on any atom is -0.497 e. The third-order valence-electron chi connectivity index (χ3n) is 6.09. The van der Waals surface area contributed by atoms with E-state index in [1.54, 1.807) is 24.1 Å². The number of ether oxygens (including phenoxy) is 1. The molecule has 2 fully saturated rings. The van der Waals surface area contributed by atoms with Crippen LogP contribution in [0.5, 0.6) is 5.75 Å². The van der Waals surface area contributed by atoms with Crippen molar-refractivity contribution >= 4 is 17.5 Å². The summed E-state index contributed by atoms with van der Waals surface area (Å²) in [5.41, 5.74) is 3.25. The maximum absolute atomic E-state index is 13.1. The van der Waals surface area contributed by atoms with Crippen LogP contribution in [0.3, 0.4) is 0 Å². The number of quaternary nitrogens is 2. The number of benzene rings is 2. The fourth-order valence-electron chi connectivity index (χ4n) is 4.53. The second kappa shape index (κ2) is 8.35. The SMILES string of the molecule is COc1cccc(N2C(=O)C[C@@H]([NH+]3CC[NH+](Cc4cccc(C)c4)CC3)C2=O)c1. The first-order chi connectivity index (χ1) is 14.0. The smallest absolute Gasteiger partial charge is 0.292 e. The Morgan fingerprint density at radius 3 is 2.52 bits per heavy atom. The molecule has 0 aliphatic carbocycles. The number of methoxy groups -OCH3 is 1.